The van der Waals surface area contributed by atoms with Gasteiger partial charge in [0, 0.05) is 30.3 Å². The van der Waals surface area contributed by atoms with Gasteiger partial charge in [-0.25, -0.2) is 0 Å². The van der Waals surface area contributed by atoms with Gasteiger partial charge in [-0.05, 0) is 151 Å². The Hall–Kier alpha value is -2.08. The highest BCUT2D eigenvalue weighted by atomic mass is 127. The fourth-order valence-corrected chi connectivity index (χ4v) is 7.80. The molecule has 11 N–H and O–H groups in total. The van der Waals surface area contributed by atoms with Crippen LogP contribution in [0, 0.1) is 17.3 Å². The molecular weight excluding hydrogens is 1150 g/mol. The summed E-state index contributed by atoms with van der Waals surface area (Å²) in [5, 5.41) is 43.0. The summed E-state index contributed by atoms with van der Waals surface area (Å²) in [6, 6.07) is -0.141. The van der Waals surface area contributed by atoms with Crippen molar-refractivity contribution in [1.29, 1.82) is 0 Å². The molecule has 80 heavy (non-hydrogen) atoms. The van der Waals surface area contributed by atoms with Crippen LogP contribution >= 0.6 is 0 Å². The van der Waals surface area contributed by atoms with Crippen LogP contribution in [0.25, 0.3) is 0 Å². The number of aliphatic hydroxyl groups is 2. The number of quaternary nitrogens is 2. The Balaban J connectivity index is -0.000000252. The van der Waals surface area contributed by atoms with Gasteiger partial charge in [-0.3, -0.25) is 14.4 Å². The van der Waals surface area contributed by atoms with E-state index >= 15 is 0 Å². The van der Waals surface area contributed by atoms with Crippen molar-refractivity contribution in [2.24, 2.45) is 28.7 Å². The molecule has 24 heteroatoms. The Morgan fingerprint density at radius 2 is 1.04 bits per heavy atom. The zero-order chi connectivity index (χ0) is 60.5. The third-order valence-electron chi connectivity index (χ3n) is 13.5. The number of nitrogens with two attached hydrogens (primary N) is 2. The Kier molecular flexibility index (Phi) is 62.5. The quantitative estimate of drug-likeness (QED) is 0.0159. The minimum Gasteiger partial charge on any atom is -1.00 e. The van der Waals surface area contributed by atoms with Crippen molar-refractivity contribution in [3.8, 4) is 0 Å². The lowest BCUT2D eigenvalue weighted by atomic mass is 9.84. The van der Waals surface area contributed by atoms with Crippen LogP contribution in [0.4, 0.5) is 13.2 Å². The molecule has 0 aromatic heterocycles. The standard InChI is InChI=1S/C23H48N4O4.C20H46N6O.C10H24NO2.C2HF3O2.CH4.HI/c1-7-23(8-2,19-30-21(28)11-15-24-13-9-17-26(3)4)20-31-22(29)12-16-25-14-10-18-27(5)6;1-5-18(2)17-26(3,4)16-15-25-20(27)19(24-14-8-11-22)9-6-12-23-13-7-10-21;1-4-10(2)9-11(3,5-7-12)6-8-13;3-2(4,5)1(6)7;;/h24-25H,7-20H2,1-6H3;18-19,23-24H,5-17,21-22H2,1-4H3;10,12-13H,4-9H2,1-3H3;(H,6,7);1H4;1H/q;;+1;;;/p-1. The average molecular weight is 1280 g/mol. The Morgan fingerprint density at radius 1 is 0.637 bits per heavy atom. The largest absolute Gasteiger partial charge is 1.00 e. The summed E-state index contributed by atoms with van der Waals surface area (Å²) >= 11 is 0. The van der Waals surface area contributed by atoms with Gasteiger partial charge in [-0.1, -0.05) is 49.0 Å². The second-order valence-corrected chi connectivity index (χ2v) is 22.2. The summed E-state index contributed by atoms with van der Waals surface area (Å²) in [7, 11) is 14.8. The van der Waals surface area contributed by atoms with Crippen LogP contribution in [0.1, 0.15) is 126 Å². The zero-order valence-corrected chi connectivity index (χ0v) is 53.9. The topological polar surface area (TPSA) is 269 Å². The van der Waals surface area contributed by atoms with Crippen LogP contribution in [0.2, 0.25) is 0 Å². The molecule has 484 valence electrons. The molecule has 0 fully saturated rings. The van der Waals surface area contributed by atoms with Gasteiger partial charge in [-0.2, -0.15) is 13.2 Å². The van der Waals surface area contributed by atoms with E-state index in [1.807, 2.05) is 42.0 Å². The molecule has 0 radical (unpaired) electrons. The number of rotatable bonds is 45. The molecule has 0 aliphatic carbocycles. The van der Waals surface area contributed by atoms with Gasteiger partial charge in [0.25, 0.3) is 0 Å². The normalized spacial score (nSPS) is 12.7. The third-order valence-corrected chi connectivity index (χ3v) is 13.5. The van der Waals surface area contributed by atoms with Gasteiger partial charge >= 0.3 is 18.1 Å². The smallest absolute Gasteiger partial charge is 0.430 e. The number of aliphatic carboxylic acids is 1. The number of ether oxygens (including phenoxy) is 2. The molecule has 0 bridgehead atoms. The lowest BCUT2D eigenvalue weighted by molar-refractivity contribution is -0.913. The van der Waals surface area contributed by atoms with E-state index in [-0.39, 0.29) is 87.1 Å². The summed E-state index contributed by atoms with van der Waals surface area (Å²) < 4.78 is 44.3. The lowest BCUT2D eigenvalue weighted by Gasteiger charge is -2.35. The lowest BCUT2D eigenvalue weighted by Crippen LogP contribution is -3.00. The molecule has 0 aliphatic heterocycles. The fourth-order valence-electron chi connectivity index (χ4n) is 7.80. The number of carbonyl (C=O) groups excluding carboxylic acids is 4. The van der Waals surface area contributed by atoms with Crippen molar-refractivity contribution < 1.29 is 90.1 Å². The summed E-state index contributed by atoms with van der Waals surface area (Å²) in [5.41, 5.74) is 10.8. The first kappa shape index (κ1) is 89.1. The summed E-state index contributed by atoms with van der Waals surface area (Å²) in [6.07, 6.45) is 5.21. The highest BCUT2D eigenvalue weighted by Gasteiger charge is 2.31. The molecule has 0 saturated heterocycles. The number of esters is 2. The fraction of sp³-hybridized carbons (Fsp3) is 0.929. The first-order valence-electron chi connectivity index (χ1n) is 28.9. The monoisotopic (exact) mass is 1280 g/mol. The highest BCUT2D eigenvalue weighted by Crippen LogP contribution is 2.28. The molecule has 20 nitrogen and oxygen atoms in total. The van der Waals surface area contributed by atoms with Crippen LogP contribution in [0.3, 0.4) is 0 Å². The Labute approximate surface area is 502 Å². The van der Waals surface area contributed by atoms with Gasteiger partial charge < -0.3 is 110 Å². The minimum absolute atomic E-state index is 0. The maximum atomic E-state index is 12.6. The van der Waals surface area contributed by atoms with Crippen LogP contribution in [0.5, 0.6) is 0 Å². The summed E-state index contributed by atoms with van der Waals surface area (Å²) in [5.74, 6) is -1.96. The Bertz CT molecular complexity index is 1400. The van der Waals surface area contributed by atoms with Crippen LogP contribution in [0.15, 0.2) is 0 Å². The number of hydrogen-bond donors (Lipinski definition) is 9. The van der Waals surface area contributed by atoms with Gasteiger partial charge in [0.05, 0.1) is 79.4 Å². The number of carboxylic acids is 1. The predicted octanol–water partition coefficient (Wildman–Crippen LogP) is -0.605. The third kappa shape index (κ3) is 57.7. The molecule has 1 amide bonds. The van der Waals surface area contributed by atoms with E-state index in [4.69, 9.17) is 41.1 Å². The number of hydrogen-bond acceptors (Lipinski definition) is 17. The number of aliphatic hydroxyl groups excluding tert-OH is 2. The van der Waals surface area contributed by atoms with E-state index in [0.29, 0.717) is 57.4 Å². The number of halogens is 4. The molecule has 0 heterocycles. The van der Waals surface area contributed by atoms with Crippen molar-refractivity contribution in [2.75, 3.05) is 187 Å². The molecule has 0 aromatic carbocycles. The average Bonchev–Trinajstić information content (AvgIpc) is 3.36. The maximum Gasteiger partial charge on any atom is 0.430 e. The molecule has 3 atom stereocenters. The van der Waals surface area contributed by atoms with Gasteiger partial charge in [-0.15, -0.1) is 0 Å². The molecule has 0 saturated carbocycles. The van der Waals surface area contributed by atoms with E-state index < -0.39 is 12.1 Å². The second kappa shape index (κ2) is 56.1. The number of likely N-dealkylation sites (N-methyl/N-ethyl adjacent to an activating group) is 2. The van der Waals surface area contributed by atoms with Gasteiger partial charge in [0.15, 0.2) is 0 Å². The summed E-state index contributed by atoms with van der Waals surface area (Å²) in [4.78, 5) is 49.8. The predicted molar refractivity (Wildman–Crippen MR) is 314 cm³/mol. The van der Waals surface area contributed by atoms with E-state index in [1.165, 1.54) is 6.42 Å². The number of nitrogens with one attached hydrogen (secondary N) is 5. The van der Waals surface area contributed by atoms with Crippen molar-refractivity contribution >= 4 is 23.8 Å². The molecule has 0 rings (SSSR count). The highest BCUT2D eigenvalue weighted by molar-refractivity contribution is 5.81. The number of carbonyl (C=O) groups is 4. The molecule has 0 aromatic rings. The number of carboxylic acid groups (broad SMARTS) is 1. The maximum absolute atomic E-state index is 12.6. The van der Waals surface area contributed by atoms with E-state index in [0.717, 1.165) is 145 Å². The first-order valence-corrected chi connectivity index (χ1v) is 28.9. The second-order valence-electron chi connectivity index (χ2n) is 22.2. The number of amides is 1. The number of alkyl halides is 3. The van der Waals surface area contributed by atoms with Crippen molar-refractivity contribution in [2.45, 2.75) is 138 Å². The van der Waals surface area contributed by atoms with Crippen molar-refractivity contribution in [3.63, 3.8) is 0 Å². The van der Waals surface area contributed by atoms with Crippen LogP contribution < -0.4 is 67.1 Å². The molecule has 0 aliphatic rings. The molecule has 3 unspecified atom stereocenters. The van der Waals surface area contributed by atoms with Gasteiger partial charge in [0.1, 0.15) is 32.3 Å². The Morgan fingerprint density at radius 3 is 1.43 bits per heavy atom. The molecule has 0 spiro atoms. The minimum atomic E-state index is -5.19. The summed E-state index contributed by atoms with van der Waals surface area (Å²) in [6.45, 7) is 28.4. The molecular formula is C56H123F3IN11O9. The van der Waals surface area contributed by atoms with E-state index in [1.54, 1.807) is 0 Å². The van der Waals surface area contributed by atoms with E-state index in [2.05, 4.69) is 85.2 Å². The van der Waals surface area contributed by atoms with Crippen LogP contribution in [-0.2, 0) is 28.7 Å². The van der Waals surface area contributed by atoms with E-state index in [9.17, 15) is 27.6 Å². The first-order chi connectivity index (χ1) is 36.6. The SMILES string of the molecule is C.CCC(C)C[N+](C)(C)CCNC(=O)C(CCCNCCCN)NCCCN.CCC(C)C[N+](C)(CCO)CCO.CCC(CC)(COC(=O)CCNCCCN(C)C)COC(=O)CCNCCCN(C)C.O=C([O-])C(F)(F)F.[I-]. The van der Waals surface area contributed by atoms with Crippen molar-refractivity contribution in [1.82, 2.24) is 36.4 Å². The van der Waals surface area contributed by atoms with Crippen molar-refractivity contribution in [3.05, 3.63) is 0 Å². The van der Waals surface area contributed by atoms with Gasteiger partial charge in [0.2, 0.25) is 5.91 Å². The van der Waals surface area contributed by atoms with Crippen LogP contribution in [-0.4, -0.2) is 252 Å². The zero-order valence-electron chi connectivity index (χ0n) is 51.8. The number of nitrogens with zero attached hydrogens (tertiary/aromatic N) is 4.